The van der Waals surface area contributed by atoms with Gasteiger partial charge >= 0.3 is 0 Å². The van der Waals surface area contributed by atoms with Crippen molar-refractivity contribution in [1.82, 2.24) is 5.32 Å². The van der Waals surface area contributed by atoms with Crippen molar-refractivity contribution in [3.8, 4) is 0 Å². The standard InChI is InChI=1S/C12H21N3/c1-14-12(13)15-11-9-3-7-2-8(5-9)6-10(11)4-7/h7-11H,2-6H2,1H3,(H3,13,14,15). The number of hydrogen-bond donors (Lipinski definition) is 2. The van der Waals surface area contributed by atoms with Crippen LogP contribution in [-0.2, 0) is 0 Å². The third-order valence-electron chi connectivity index (χ3n) is 4.78. The van der Waals surface area contributed by atoms with E-state index in [1.54, 1.807) is 7.05 Å². The van der Waals surface area contributed by atoms with Crippen LogP contribution >= 0.6 is 0 Å². The first-order valence-electron chi connectivity index (χ1n) is 6.25. The molecule has 4 rings (SSSR count). The van der Waals surface area contributed by atoms with E-state index in [1.165, 1.54) is 32.1 Å². The summed E-state index contributed by atoms with van der Waals surface area (Å²) in [7, 11) is 1.76. The lowest BCUT2D eigenvalue weighted by atomic mass is 9.54. The SMILES string of the molecule is CN=C(N)NC1C2CC3CC(C2)CC1C3. The van der Waals surface area contributed by atoms with Crippen LogP contribution in [-0.4, -0.2) is 19.0 Å². The first-order valence-corrected chi connectivity index (χ1v) is 6.25. The van der Waals surface area contributed by atoms with E-state index >= 15 is 0 Å². The fraction of sp³-hybridized carbons (Fsp3) is 0.917. The summed E-state index contributed by atoms with van der Waals surface area (Å²) in [6, 6.07) is 0.626. The van der Waals surface area contributed by atoms with Crippen molar-refractivity contribution < 1.29 is 0 Å². The average Bonchev–Trinajstić information content (AvgIpc) is 2.22. The topological polar surface area (TPSA) is 50.4 Å². The first-order chi connectivity index (χ1) is 7.26. The minimum atomic E-state index is 0.626. The smallest absolute Gasteiger partial charge is 0.188 e. The lowest BCUT2D eigenvalue weighted by molar-refractivity contribution is -0.00699. The molecular formula is C12H21N3. The highest BCUT2D eigenvalue weighted by Crippen LogP contribution is 2.53. The van der Waals surface area contributed by atoms with Gasteiger partial charge in [0.05, 0.1) is 0 Å². The average molecular weight is 207 g/mol. The summed E-state index contributed by atoms with van der Waals surface area (Å²) < 4.78 is 0. The van der Waals surface area contributed by atoms with Gasteiger partial charge in [0.2, 0.25) is 0 Å². The molecule has 0 saturated heterocycles. The molecule has 0 spiro atoms. The van der Waals surface area contributed by atoms with Gasteiger partial charge in [-0.15, -0.1) is 0 Å². The zero-order valence-electron chi connectivity index (χ0n) is 9.45. The van der Waals surface area contributed by atoms with Crippen molar-refractivity contribution in [2.45, 2.75) is 38.1 Å². The van der Waals surface area contributed by atoms with Crippen LogP contribution in [0.1, 0.15) is 32.1 Å². The fourth-order valence-corrected chi connectivity index (χ4v) is 4.40. The Balaban J connectivity index is 1.75. The number of rotatable bonds is 1. The van der Waals surface area contributed by atoms with Crippen LogP contribution in [0.3, 0.4) is 0 Å². The van der Waals surface area contributed by atoms with Crippen molar-refractivity contribution in [1.29, 1.82) is 0 Å². The van der Waals surface area contributed by atoms with E-state index in [4.69, 9.17) is 5.73 Å². The number of guanidine groups is 1. The lowest BCUT2D eigenvalue weighted by Crippen LogP contribution is -2.57. The van der Waals surface area contributed by atoms with Gasteiger partial charge in [0.15, 0.2) is 5.96 Å². The summed E-state index contributed by atoms with van der Waals surface area (Å²) in [4.78, 5) is 4.02. The molecule has 0 aromatic carbocycles. The van der Waals surface area contributed by atoms with Gasteiger partial charge in [0.25, 0.3) is 0 Å². The molecule has 0 amide bonds. The molecular weight excluding hydrogens is 186 g/mol. The van der Waals surface area contributed by atoms with E-state index < -0.39 is 0 Å². The van der Waals surface area contributed by atoms with Gasteiger partial charge in [0, 0.05) is 13.1 Å². The van der Waals surface area contributed by atoms with Gasteiger partial charge < -0.3 is 11.1 Å². The molecule has 0 aromatic rings. The summed E-state index contributed by atoms with van der Waals surface area (Å²) in [6.45, 7) is 0. The molecule has 3 N–H and O–H groups in total. The molecule has 84 valence electrons. The molecule has 3 heteroatoms. The summed E-state index contributed by atoms with van der Waals surface area (Å²) in [6.07, 6.45) is 7.24. The third-order valence-corrected chi connectivity index (χ3v) is 4.78. The number of nitrogens with one attached hydrogen (secondary N) is 1. The highest BCUT2D eigenvalue weighted by atomic mass is 15.1. The number of aliphatic imine (C=N–C) groups is 1. The monoisotopic (exact) mass is 207 g/mol. The van der Waals surface area contributed by atoms with E-state index in [-0.39, 0.29) is 0 Å². The maximum atomic E-state index is 5.79. The Morgan fingerprint density at radius 1 is 1.07 bits per heavy atom. The second kappa shape index (κ2) is 3.39. The van der Waals surface area contributed by atoms with Gasteiger partial charge in [-0.2, -0.15) is 0 Å². The molecule has 4 aliphatic rings. The van der Waals surface area contributed by atoms with E-state index in [2.05, 4.69) is 10.3 Å². The molecule has 0 heterocycles. The van der Waals surface area contributed by atoms with Crippen molar-refractivity contribution >= 4 is 5.96 Å². The van der Waals surface area contributed by atoms with Crippen LogP contribution in [0.5, 0.6) is 0 Å². The van der Waals surface area contributed by atoms with Crippen LogP contribution in [0, 0.1) is 23.7 Å². The Morgan fingerprint density at radius 3 is 2.07 bits per heavy atom. The van der Waals surface area contributed by atoms with E-state index in [1.807, 2.05) is 0 Å². The molecule has 15 heavy (non-hydrogen) atoms. The second-order valence-electron chi connectivity index (χ2n) is 5.71. The van der Waals surface area contributed by atoms with Gasteiger partial charge in [-0.3, -0.25) is 4.99 Å². The van der Waals surface area contributed by atoms with Crippen LogP contribution in [0.25, 0.3) is 0 Å². The molecule has 4 fully saturated rings. The van der Waals surface area contributed by atoms with Crippen molar-refractivity contribution in [2.24, 2.45) is 34.4 Å². The predicted molar refractivity (Wildman–Crippen MR) is 61.5 cm³/mol. The fourth-order valence-electron chi connectivity index (χ4n) is 4.40. The van der Waals surface area contributed by atoms with Crippen molar-refractivity contribution in [3.63, 3.8) is 0 Å². The van der Waals surface area contributed by atoms with Crippen LogP contribution in [0.2, 0.25) is 0 Å². The second-order valence-corrected chi connectivity index (χ2v) is 5.71. The molecule has 0 aliphatic heterocycles. The van der Waals surface area contributed by atoms with E-state index in [0.29, 0.717) is 12.0 Å². The first kappa shape index (κ1) is 9.49. The van der Waals surface area contributed by atoms with Crippen LogP contribution in [0.4, 0.5) is 0 Å². The molecule has 0 radical (unpaired) electrons. The van der Waals surface area contributed by atoms with E-state index in [0.717, 1.165) is 23.7 Å². The summed E-state index contributed by atoms with van der Waals surface area (Å²) in [5.74, 6) is 4.45. The normalized spacial score (nSPS) is 48.3. The molecule has 3 nitrogen and oxygen atoms in total. The molecule has 0 unspecified atom stereocenters. The van der Waals surface area contributed by atoms with Crippen molar-refractivity contribution in [2.75, 3.05) is 7.05 Å². The maximum Gasteiger partial charge on any atom is 0.188 e. The molecule has 4 aliphatic carbocycles. The van der Waals surface area contributed by atoms with Gasteiger partial charge in [-0.1, -0.05) is 0 Å². The summed E-state index contributed by atoms with van der Waals surface area (Å²) in [5.41, 5.74) is 5.79. The maximum absolute atomic E-state index is 5.79. The molecule has 4 saturated carbocycles. The lowest BCUT2D eigenvalue weighted by Gasteiger charge is -2.54. The zero-order chi connectivity index (χ0) is 10.4. The van der Waals surface area contributed by atoms with Crippen LogP contribution in [0.15, 0.2) is 4.99 Å². The molecule has 4 bridgehead atoms. The highest BCUT2D eigenvalue weighted by Gasteiger charge is 2.48. The van der Waals surface area contributed by atoms with Gasteiger partial charge in [-0.25, -0.2) is 0 Å². The van der Waals surface area contributed by atoms with E-state index in [9.17, 15) is 0 Å². The molecule has 0 aromatic heterocycles. The quantitative estimate of drug-likeness (QED) is 0.503. The summed E-state index contributed by atoms with van der Waals surface area (Å²) >= 11 is 0. The number of nitrogens with two attached hydrogens (primary N) is 1. The minimum absolute atomic E-state index is 0.626. The molecule has 0 atom stereocenters. The summed E-state index contributed by atoms with van der Waals surface area (Å²) in [5, 5.41) is 3.44. The Hall–Kier alpha value is -0.730. The Labute approximate surface area is 91.5 Å². The van der Waals surface area contributed by atoms with Gasteiger partial charge in [-0.05, 0) is 55.8 Å². The largest absolute Gasteiger partial charge is 0.370 e. The minimum Gasteiger partial charge on any atom is -0.370 e. The van der Waals surface area contributed by atoms with Crippen molar-refractivity contribution in [3.05, 3.63) is 0 Å². The Morgan fingerprint density at radius 2 is 1.60 bits per heavy atom. The van der Waals surface area contributed by atoms with Gasteiger partial charge in [0.1, 0.15) is 0 Å². The van der Waals surface area contributed by atoms with Crippen LogP contribution < -0.4 is 11.1 Å². The predicted octanol–water partition coefficient (Wildman–Crippen LogP) is 1.35. The number of hydrogen-bond acceptors (Lipinski definition) is 1. The highest BCUT2D eigenvalue weighted by molar-refractivity contribution is 5.78. The number of nitrogens with zero attached hydrogens (tertiary/aromatic N) is 1. The Bertz CT molecular complexity index is 257. The zero-order valence-corrected chi connectivity index (χ0v) is 9.45. The Kier molecular flexibility index (Phi) is 2.15. The third kappa shape index (κ3) is 1.52.